The number of ether oxygens (including phenoxy) is 1. The SMILES string of the molecule is COc1cc(C)c2c(C)nc(C)nn12. The molecule has 4 nitrogen and oxygen atoms in total. The molecule has 0 aliphatic rings. The van der Waals surface area contributed by atoms with Crippen LogP contribution in [-0.2, 0) is 0 Å². The van der Waals surface area contributed by atoms with Crippen molar-refractivity contribution in [1.82, 2.24) is 14.6 Å². The number of aryl methyl sites for hydroxylation is 3. The number of rotatable bonds is 1. The van der Waals surface area contributed by atoms with E-state index in [1.807, 2.05) is 26.8 Å². The van der Waals surface area contributed by atoms with Crippen molar-refractivity contribution in [2.45, 2.75) is 20.8 Å². The maximum absolute atomic E-state index is 5.23. The van der Waals surface area contributed by atoms with E-state index in [-0.39, 0.29) is 0 Å². The molecular weight excluding hydrogens is 178 g/mol. The first-order chi connectivity index (χ1) is 6.63. The van der Waals surface area contributed by atoms with Crippen molar-refractivity contribution in [2.24, 2.45) is 0 Å². The van der Waals surface area contributed by atoms with Gasteiger partial charge in [0.15, 0.2) is 0 Å². The van der Waals surface area contributed by atoms with Crippen LogP contribution in [0.3, 0.4) is 0 Å². The maximum Gasteiger partial charge on any atom is 0.215 e. The summed E-state index contributed by atoms with van der Waals surface area (Å²) < 4.78 is 7.03. The summed E-state index contributed by atoms with van der Waals surface area (Å²) in [6.45, 7) is 5.89. The van der Waals surface area contributed by atoms with E-state index in [0.29, 0.717) is 0 Å². The van der Waals surface area contributed by atoms with Crippen LogP contribution in [0.25, 0.3) is 5.52 Å². The van der Waals surface area contributed by atoms with E-state index in [1.54, 1.807) is 11.6 Å². The maximum atomic E-state index is 5.23. The molecule has 2 rings (SSSR count). The lowest BCUT2D eigenvalue weighted by Crippen LogP contribution is -2.02. The van der Waals surface area contributed by atoms with E-state index < -0.39 is 0 Å². The Morgan fingerprint density at radius 1 is 1.29 bits per heavy atom. The topological polar surface area (TPSA) is 39.4 Å². The normalized spacial score (nSPS) is 10.9. The summed E-state index contributed by atoms with van der Waals surface area (Å²) >= 11 is 0. The molecule has 2 heterocycles. The monoisotopic (exact) mass is 191 g/mol. The molecule has 2 aromatic heterocycles. The summed E-state index contributed by atoms with van der Waals surface area (Å²) in [6.07, 6.45) is 0. The van der Waals surface area contributed by atoms with E-state index in [2.05, 4.69) is 10.1 Å². The number of aromatic nitrogens is 3. The van der Waals surface area contributed by atoms with Crippen molar-refractivity contribution >= 4 is 5.52 Å². The molecule has 0 aromatic carbocycles. The zero-order valence-corrected chi connectivity index (χ0v) is 8.83. The third-order valence-corrected chi connectivity index (χ3v) is 2.26. The van der Waals surface area contributed by atoms with Gasteiger partial charge in [-0.2, -0.15) is 4.52 Å². The fourth-order valence-corrected chi connectivity index (χ4v) is 1.74. The fraction of sp³-hybridized carbons (Fsp3) is 0.400. The molecule has 0 radical (unpaired) electrons. The Hall–Kier alpha value is -1.58. The first-order valence-electron chi connectivity index (χ1n) is 4.51. The third-order valence-electron chi connectivity index (χ3n) is 2.26. The molecule has 0 spiro atoms. The highest BCUT2D eigenvalue weighted by atomic mass is 16.5. The predicted octanol–water partition coefficient (Wildman–Crippen LogP) is 1.66. The Bertz CT molecular complexity index is 488. The number of nitrogens with zero attached hydrogens (tertiary/aromatic N) is 3. The van der Waals surface area contributed by atoms with Crippen molar-refractivity contribution in [3.63, 3.8) is 0 Å². The Morgan fingerprint density at radius 3 is 2.64 bits per heavy atom. The zero-order chi connectivity index (χ0) is 10.3. The minimum atomic E-state index is 0.754. The summed E-state index contributed by atoms with van der Waals surface area (Å²) in [5.41, 5.74) is 3.16. The van der Waals surface area contributed by atoms with Crippen molar-refractivity contribution in [3.8, 4) is 5.88 Å². The first kappa shape index (κ1) is 8.99. The Labute approximate surface area is 82.5 Å². The van der Waals surface area contributed by atoms with Gasteiger partial charge in [0, 0.05) is 6.07 Å². The fourth-order valence-electron chi connectivity index (χ4n) is 1.74. The minimum absolute atomic E-state index is 0.754. The van der Waals surface area contributed by atoms with E-state index in [4.69, 9.17) is 4.74 Å². The van der Waals surface area contributed by atoms with Gasteiger partial charge in [-0.15, -0.1) is 5.10 Å². The predicted molar refractivity (Wildman–Crippen MR) is 53.8 cm³/mol. The van der Waals surface area contributed by atoms with E-state index in [1.165, 1.54) is 0 Å². The standard InChI is InChI=1S/C10H13N3O/c1-6-5-9(14-4)13-10(6)7(2)11-8(3)12-13/h5H,1-4H3. The molecule has 0 N–H and O–H groups in total. The molecule has 2 aromatic rings. The van der Waals surface area contributed by atoms with Crippen molar-refractivity contribution in [1.29, 1.82) is 0 Å². The minimum Gasteiger partial charge on any atom is -0.481 e. The molecule has 0 aliphatic carbocycles. The van der Waals surface area contributed by atoms with Crippen LogP contribution in [0, 0.1) is 20.8 Å². The van der Waals surface area contributed by atoms with Gasteiger partial charge in [0.2, 0.25) is 5.88 Å². The van der Waals surface area contributed by atoms with Crippen LogP contribution in [0.1, 0.15) is 17.1 Å². The van der Waals surface area contributed by atoms with E-state index >= 15 is 0 Å². The molecule has 0 atom stereocenters. The number of fused-ring (bicyclic) bond motifs is 1. The second-order valence-corrected chi connectivity index (χ2v) is 3.37. The molecule has 0 saturated carbocycles. The summed E-state index contributed by atoms with van der Waals surface area (Å²) in [5.74, 6) is 1.51. The highest BCUT2D eigenvalue weighted by Crippen LogP contribution is 2.22. The van der Waals surface area contributed by atoms with Gasteiger partial charge in [-0.25, -0.2) is 4.98 Å². The van der Waals surface area contributed by atoms with E-state index in [0.717, 1.165) is 28.5 Å². The average molecular weight is 191 g/mol. The second-order valence-electron chi connectivity index (χ2n) is 3.37. The van der Waals surface area contributed by atoms with Crippen LogP contribution in [0.2, 0.25) is 0 Å². The van der Waals surface area contributed by atoms with Gasteiger partial charge in [-0.1, -0.05) is 0 Å². The lowest BCUT2D eigenvalue weighted by atomic mass is 10.3. The molecule has 0 aliphatic heterocycles. The summed E-state index contributed by atoms with van der Waals surface area (Å²) in [7, 11) is 1.65. The average Bonchev–Trinajstić information content (AvgIpc) is 2.42. The van der Waals surface area contributed by atoms with Crippen molar-refractivity contribution in [2.75, 3.05) is 7.11 Å². The molecule has 0 amide bonds. The summed E-state index contributed by atoms with van der Waals surface area (Å²) in [4.78, 5) is 4.32. The molecule has 0 fully saturated rings. The Kier molecular flexibility index (Phi) is 1.91. The highest BCUT2D eigenvalue weighted by molar-refractivity contribution is 5.60. The Balaban J connectivity index is 2.89. The molecule has 0 unspecified atom stereocenters. The quantitative estimate of drug-likeness (QED) is 0.688. The molecule has 14 heavy (non-hydrogen) atoms. The van der Waals surface area contributed by atoms with Crippen LogP contribution < -0.4 is 4.74 Å². The smallest absolute Gasteiger partial charge is 0.215 e. The molecular formula is C10H13N3O. The lowest BCUT2D eigenvalue weighted by Gasteiger charge is -2.03. The zero-order valence-electron chi connectivity index (χ0n) is 8.83. The number of hydrogen-bond acceptors (Lipinski definition) is 3. The summed E-state index contributed by atoms with van der Waals surface area (Å²) in [5, 5.41) is 4.31. The molecule has 74 valence electrons. The molecule has 0 saturated heterocycles. The summed E-state index contributed by atoms with van der Waals surface area (Å²) in [6, 6.07) is 1.97. The van der Waals surface area contributed by atoms with Gasteiger partial charge in [0.1, 0.15) is 5.82 Å². The van der Waals surface area contributed by atoms with Gasteiger partial charge in [0.25, 0.3) is 0 Å². The van der Waals surface area contributed by atoms with Crippen LogP contribution in [-0.4, -0.2) is 21.7 Å². The van der Waals surface area contributed by atoms with E-state index in [9.17, 15) is 0 Å². The van der Waals surface area contributed by atoms with Crippen LogP contribution in [0.15, 0.2) is 6.07 Å². The Morgan fingerprint density at radius 2 is 2.00 bits per heavy atom. The highest BCUT2D eigenvalue weighted by Gasteiger charge is 2.10. The molecule has 0 bridgehead atoms. The van der Waals surface area contributed by atoms with Crippen molar-refractivity contribution < 1.29 is 4.74 Å². The van der Waals surface area contributed by atoms with Crippen molar-refractivity contribution in [3.05, 3.63) is 23.1 Å². The largest absolute Gasteiger partial charge is 0.481 e. The van der Waals surface area contributed by atoms with Gasteiger partial charge < -0.3 is 4.74 Å². The van der Waals surface area contributed by atoms with Gasteiger partial charge >= 0.3 is 0 Å². The first-order valence-corrected chi connectivity index (χ1v) is 4.51. The van der Waals surface area contributed by atoms with Crippen LogP contribution >= 0.6 is 0 Å². The van der Waals surface area contributed by atoms with Crippen LogP contribution in [0.4, 0.5) is 0 Å². The van der Waals surface area contributed by atoms with Gasteiger partial charge in [-0.3, -0.25) is 0 Å². The number of methoxy groups -OCH3 is 1. The van der Waals surface area contributed by atoms with Crippen LogP contribution in [0.5, 0.6) is 5.88 Å². The molecule has 4 heteroatoms. The lowest BCUT2D eigenvalue weighted by molar-refractivity contribution is 0.386. The third kappa shape index (κ3) is 1.14. The van der Waals surface area contributed by atoms with Gasteiger partial charge in [0.05, 0.1) is 18.3 Å². The second kappa shape index (κ2) is 2.97. The number of hydrogen-bond donors (Lipinski definition) is 0. The van der Waals surface area contributed by atoms with Gasteiger partial charge in [-0.05, 0) is 26.3 Å².